The first-order valence-electron chi connectivity index (χ1n) is 7.54. The lowest BCUT2D eigenvalue weighted by Crippen LogP contribution is -2.36. The standard InChI is InChI=1S/C16H17FN4O4/c1-4-21(9(2)3)15(22)11-7-10(17)5-6-12(11)25-14-13(16(23)24)18-8-19-20-14/h5-9H,4H2,1-3H3,(H,23,24). The summed E-state index contributed by atoms with van der Waals surface area (Å²) in [6.45, 7) is 5.87. The Morgan fingerprint density at radius 1 is 1.36 bits per heavy atom. The van der Waals surface area contributed by atoms with Crippen molar-refractivity contribution in [1.29, 1.82) is 0 Å². The Bertz CT molecular complexity index is 797. The molecule has 1 amide bonds. The van der Waals surface area contributed by atoms with Crippen LogP contribution in [0.25, 0.3) is 0 Å². The number of carboxylic acids is 1. The van der Waals surface area contributed by atoms with E-state index in [2.05, 4.69) is 15.2 Å². The van der Waals surface area contributed by atoms with Gasteiger partial charge in [-0.2, -0.15) is 0 Å². The quantitative estimate of drug-likeness (QED) is 0.854. The van der Waals surface area contributed by atoms with Crippen LogP contribution in [0.2, 0.25) is 0 Å². The van der Waals surface area contributed by atoms with Crippen LogP contribution in [0.1, 0.15) is 41.6 Å². The molecule has 1 N–H and O–H groups in total. The van der Waals surface area contributed by atoms with E-state index in [1.54, 1.807) is 6.92 Å². The van der Waals surface area contributed by atoms with Gasteiger partial charge < -0.3 is 14.7 Å². The predicted molar refractivity (Wildman–Crippen MR) is 85.1 cm³/mol. The molecule has 0 bridgehead atoms. The zero-order valence-electron chi connectivity index (χ0n) is 13.9. The molecule has 0 radical (unpaired) electrons. The van der Waals surface area contributed by atoms with Gasteiger partial charge in [-0.3, -0.25) is 4.79 Å². The van der Waals surface area contributed by atoms with Gasteiger partial charge in [-0.05, 0) is 39.0 Å². The van der Waals surface area contributed by atoms with Crippen molar-refractivity contribution in [3.05, 3.63) is 41.6 Å². The van der Waals surface area contributed by atoms with E-state index in [0.29, 0.717) is 6.54 Å². The van der Waals surface area contributed by atoms with E-state index < -0.39 is 23.4 Å². The van der Waals surface area contributed by atoms with Gasteiger partial charge in [0, 0.05) is 12.6 Å². The molecule has 0 unspecified atom stereocenters. The molecular weight excluding hydrogens is 331 g/mol. The Hall–Kier alpha value is -3.10. The van der Waals surface area contributed by atoms with Crippen LogP contribution in [0, 0.1) is 5.82 Å². The summed E-state index contributed by atoms with van der Waals surface area (Å²) in [6, 6.07) is 3.26. The Morgan fingerprint density at radius 2 is 2.08 bits per heavy atom. The largest absolute Gasteiger partial charge is 0.476 e. The first-order valence-corrected chi connectivity index (χ1v) is 7.54. The number of carbonyl (C=O) groups is 2. The monoisotopic (exact) mass is 348 g/mol. The number of hydrogen-bond donors (Lipinski definition) is 1. The highest BCUT2D eigenvalue weighted by Crippen LogP contribution is 2.27. The Labute approximate surface area is 143 Å². The third kappa shape index (κ3) is 4.06. The minimum Gasteiger partial charge on any atom is -0.476 e. The van der Waals surface area contributed by atoms with Crippen LogP contribution in [0.15, 0.2) is 24.5 Å². The number of hydrogen-bond acceptors (Lipinski definition) is 6. The van der Waals surface area contributed by atoms with Crippen molar-refractivity contribution in [1.82, 2.24) is 20.1 Å². The van der Waals surface area contributed by atoms with Crippen molar-refractivity contribution in [2.45, 2.75) is 26.8 Å². The van der Waals surface area contributed by atoms with E-state index in [-0.39, 0.29) is 23.2 Å². The summed E-state index contributed by atoms with van der Waals surface area (Å²) in [7, 11) is 0. The van der Waals surface area contributed by atoms with Crippen molar-refractivity contribution in [3.63, 3.8) is 0 Å². The molecule has 132 valence electrons. The Balaban J connectivity index is 2.47. The van der Waals surface area contributed by atoms with E-state index in [0.717, 1.165) is 18.5 Å². The average molecular weight is 348 g/mol. The molecule has 8 nitrogen and oxygen atoms in total. The summed E-state index contributed by atoms with van der Waals surface area (Å²) in [4.78, 5) is 29.0. The van der Waals surface area contributed by atoms with Crippen molar-refractivity contribution in [2.75, 3.05) is 6.54 Å². The zero-order chi connectivity index (χ0) is 18.6. The van der Waals surface area contributed by atoms with Crippen LogP contribution in [0.3, 0.4) is 0 Å². The number of rotatable bonds is 6. The molecule has 0 fully saturated rings. The fraction of sp³-hybridized carbons (Fsp3) is 0.312. The second kappa shape index (κ2) is 7.65. The average Bonchev–Trinajstić information content (AvgIpc) is 2.57. The number of amides is 1. The number of ether oxygens (including phenoxy) is 1. The summed E-state index contributed by atoms with van der Waals surface area (Å²) < 4.78 is 19.1. The number of carboxylic acid groups (broad SMARTS) is 1. The molecule has 9 heteroatoms. The van der Waals surface area contributed by atoms with Gasteiger partial charge in [-0.15, -0.1) is 10.2 Å². The van der Waals surface area contributed by atoms with Gasteiger partial charge in [0.05, 0.1) is 5.56 Å². The van der Waals surface area contributed by atoms with Gasteiger partial charge in [0.1, 0.15) is 17.9 Å². The number of aromatic nitrogens is 3. The maximum Gasteiger partial charge on any atom is 0.360 e. The third-order valence-corrected chi connectivity index (χ3v) is 3.40. The molecule has 0 aliphatic carbocycles. The van der Waals surface area contributed by atoms with E-state index in [9.17, 15) is 14.0 Å². The molecule has 0 saturated carbocycles. The van der Waals surface area contributed by atoms with Gasteiger partial charge in [-0.25, -0.2) is 14.2 Å². The van der Waals surface area contributed by atoms with Crippen molar-refractivity contribution < 1.29 is 23.8 Å². The minimum absolute atomic E-state index is 0.0321. The first kappa shape index (κ1) is 18.2. The number of aromatic carboxylic acids is 1. The SMILES string of the molecule is CCN(C(=O)c1cc(F)ccc1Oc1nncnc1C(=O)O)C(C)C. The second-order valence-corrected chi connectivity index (χ2v) is 5.35. The minimum atomic E-state index is -1.36. The van der Waals surface area contributed by atoms with Gasteiger partial charge in [0.25, 0.3) is 11.8 Å². The lowest BCUT2D eigenvalue weighted by atomic mass is 10.1. The van der Waals surface area contributed by atoms with Crippen LogP contribution in [-0.2, 0) is 0 Å². The van der Waals surface area contributed by atoms with Crippen LogP contribution in [0.5, 0.6) is 11.6 Å². The lowest BCUT2D eigenvalue weighted by Gasteiger charge is -2.26. The number of halogens is 1. The van der Waals surface area contributed by atoms with E-state index >= 15 is 0 Å². The van der Waals surface area contributed by atoms with Gasteiger partial charge >= 0.3 is 5.97 Å². The van der Waals surface area contributed by atoms with Gasteiger partial charge in [0.2, 0.25) is 5.69 Å². The summed E-state index contributed by atoms with van der Waals surface area (Å²) >= 11 is 0. The lowest BCUT2D eigenvalue weighted by molar-refractivity contribution is 0.0685. The molecule has 0 spiro atoms. The van der Waals surface area contributed by atoms with E-state index in [1.165, 1.54) is 11.0 Å². The summed E-state index contributed by atoms with van der Waals surface area (Å²) in [5.41, 5.74) is -0.508. The molecule has 0 aliphatic rings. The van der Waals surface area contributed by atoms with Crippen molar-refractivity contribution in [2.24, 2.45) is 0 Å². The van der Waals surface area contributed by atoms with Crippen LogP contribution in [-0.4, -0.2) is 49.7 Å². The number of nitrogens with zero attached hydrogens (tertiary/aromatic N) is 4. The summed E-state index contributed by atoms with van der Waals surface area (Å²) in [6.07, 6.45) is 0.963. The summed E-state index contributed by atoms with van der Waals surface area (Å²) in [5, 5.41) is 16.2. The molecule has 1 aromatic heterocycles. The Morgan fingerprint density at radius 3 is 2.68 bits per heavy atom. The fourth-order valence-corrected chi connectivity index (χ4v) is 2.24. The normalized spacial score (nSPS) is 10.6. The van der Waals surface area contributed by atoms with Crippen LogP contribution >= 0.6 is 0 Å². The van der Waals surface area contributed by atoms with Crippen molar-refractivity contribution in [3.8, 4) is 11.6 Å². The predicted octanol–water partition coefficient (Wildman–Crippen LogP) is 2.37. The molecule has 0 saturated heterocycles. The highest BCUT2D eigenvalue weighted by atomic mass is 19.1. The van der Waals surface area contributed by atoms with Gasteiger partial charge in [-0.1, -0.05) is 0 Å². The molecular formula is C16H17FN4O4. The van der Waals surface area contributed by atoms with Gasteiger partial charge in [0.15, 0.2) is 0 Å². The zero-order valence-corrected chi connectivity index (χ0v) is 13.9. The number of benzene rings is 1. The van der Waals surface area contributed by atoms with E-state index in [4.69, 9.17) is 9.84 Å². The second-order valence-electron chi connectivity index (χ2n) is 5.35. The smallest absolute Gasteiger partial charge is 0.360 e. The number of carbonyl (C=O) groups excluding carboxylic acids is 1. The van der Waals surface area contributed by atoms with Crippen LogP contribution < -0.4 is 4.74 Å². The summed E-state index contributed by atoms with van der Waals surface area (Å²) in [5.74, 6) is -2.84. The maximum atomic E-state index is 13.7. The molecule has 0 aliphatic heterocycles. The van der Waals surface area contributed by atoms with Crippen molar-refractivity contribution >= 4 is 11.9 Å². The molecule has 2 aromatic rings. The van der Waals surface area contributed by atoms with E-state index in [1.807, 2.05) is 13.8 Å². The maximum absolute atomic E-state index is 13.7. The first-order chi connectivity index (χ1) is 11.8. The molecule has 2 rings (SSSR count). The molecule has 1 heterocycles. The van der Waals surface area contributed by atoms with Crippen LogP contribution in [0.4, 0.5) is 4.39 Å². The fourth-order valence-electron chi connectivity index (χ4n) is 2.24. The highest BCUT2D eigenvalue weighted by molar-refractivity contribution is 5.97. The highest BCUT2D eigenvalue weighted by Gasteiger charge is 2.24. The third-order valence-electron chi connectivity index (χ3n) is 3.40. The topological polar surface area (TPSA) is 106 Å². The molecule has 25 heavy (non-hydrogen) atoms. The molecule has 1 aromatic carbocycles. The Kier molecular flexibility index (Phi) is 5.58. The molecule has 0 atom stereocenters.